The molecule has 220 valence electrons. The summed E-state index contributed by atoms with van der Waals surface area (Å²) >= 11 is 0. The second-order valence-corrected chi connectivity index (χ2v) is 15.5. The van der Waals surface area contributed by atoms with Gasteiger partial charge in [-0.05, 0) is 87.6 Å². The van der Waals surface area contributed by atoms with Crippen LogP contribution in [-0.2, 0) is 19.1 Å². The molecule has 5 aliphatic rings. The van der Waals surface area contributed by atoms with Gasteiger partial charge in [0.15, 0.2) is 0 Å². The van der Waals surface area contributed by atoms with Crippen LogP contribution in [0.3, 0.4) is 0 Å². The van der Waals surface area contributed by atoms with E-state index in [0.717, 1.165) is 38.5 Å². The minimum Gasteiger partial charge on any atom is -0.465 e. The van der Waals surface area contributed by atoms with E-state index in [4.69, 9.17) is 4.74 Å². The van der Waals surface area contributed by atoms with Crippen molar-refractivity contribution in [3.63, 3.8) is 0 Å². The number of fused-ring (bicyclic) bond motifs is 2. The Morgan fingerprint density at radius 1 is 1.08 bits per heavy atom. The van der Waals surface area contributed by atoms with Crippen molar-refractivity contribution in [2.75, 3.05) is 20.7 Å². The molecule has 0 aromatic carbocycles. The lowest BCUT2D eigenvalue weighted by atomic mass is 9.41. The van der Waals surface area contributed by atoms with Gasteiger partial charge in [-0.1, -0.05) is 34.6 Å². The molecule has 2 N–H and O–H groups in total. The number of nitrogens with one attached hydrogen (secondary N) is 1. The van der Waals surface area contributed by atoms with Gasteiger partial charge in [-0.2, -0.15) is 0 Å². The predicted octanol–water partition coefficient (Wildman–Crippen LogP) is 4.21. The molecule has 5 rings (SSSR count). The van der Waals surface area contributed by atoms with Crippen molar-refractivity contribution in [1.82, 2.24) is 10.2 Å². The molecule has 5 saturated carbocycles. The Bertz CT molecular complexity index is 1060. The molecule has 0 bridgehead atoms. The standard InChI is InChI=1S/C32H52N2O5/c1-18(2)27(38)33-24-12-13-31-16-32(31)23(11-10-22(31)28(24,5)17-39-20(4)35)29(6)14-21(36)26(19(3)34(8)9)30(29,7)15-25(32)37/h18-19,21-24,26,36H,10-17H2,1-9H3,(H,33,38)/t19-,21+,22-,23-,24-,26-,28-,29-,30+,31?,32-/m0/s1. The average molecular weight is 545 g/mol. The van der Waals surface area contributed by atoms with Crippen LogP contribution in [-0.4, -0.2) is 66.6 Å². The smallest absolute Gasteiger partial charge is 0.302 e. The number of esters is 1. The second-order valence-electron chi connectivity index (χ2n) is 15.5. The zero-order valence-corrected chi connectivity index (χ0v) is 25.7. The Hall–Kier alpha value is -1.47. The van der Waals surface area contributed by atoms with E-state index in [1.54, 1.807) is 0 Å². The number of rotatable bonds is 6. The maximum absolute atomic E-state index is 14.6. The van der Waals surface area contributed by atoms with Crippen LogP contribution in [0.1, 0.15) is 93.4 Å². The summed E-state index contributed by atoms with van der Waals surface area (Å²) in [6.45, 7) is 14.6. The highest BCUT2D eigenvalue weighted by Crippen LogP contribution is 2.88. The van der Waals surface area contributed by atoms with Crippen LogP contribution in [0.5, 0.6) is 0 Å². The van der Waals surface area contributed by atoms with Gasteiger partial charge in [-0.25, -0.2) is 0 Å². The van der Waals surface area contributed by atoms with Crippen molar-refractivity contribution >= 4 is 17.7 Å². The Morgan fingerprint density at radius 3 is 2.31 bits per heavy atom. The molecule has 11 atom stereocenters. The molecule has 5 aliphatic carbocycles. The van der Waals surface area contributed by atoms with Gasteiger partial charge in [0.25, 0.3) is 0 Å². The fourth-order valence-corrected chi connectivity index (χ4v) is 11.2. The van der Waals surface area contributed by atoms with Crippen molar-refractivity contribution in [2.24, 2.45) is 50.7 Å². The van der Waals surface area contributed by atoms with Gasteiger partial charge >= 0.3 is 5.97 Å². The highest BCUT2D eigenvalue weighted by molar-refractivity contribution is 5.92. The number of Topliss-reactive ketones (excluding diaryl/α,β-unsaturated/α-hetero) is 1. The third-order valence-electron chi connectivity index (χ3n) is 13.5. The number of carbonyl (C=O) groups is 3. The first-order valence-electron chi connectivity index (χ1n) is 15.3. The van der Waals surface area contributed by atoms with Crippen molar-refractivity contribution < 1.29 is 24.2 Å². The molecule has 0 radical (unpaired) electrons. The molecule has 7 nitrogen and oxygen atoms in total. The van der Waals surface area contributed by atoms with Gasteiger partial charge in [-0.15, -0.1) is 0 Å². The van der Waals surface area contributed by atoms with E-state index in [1.165, 1.54) is 6.92 Å². The first-order chi connectivity index (χ1) is 18.0. The van der Waals surface area contributed by atoms with E-state index in [9.17, 15) is 19.5 Å². The normalized spacial score (nSPS) is 49.0. The Morgan fingerprint density at radius 2 is 1.72 bits per heavy atom. The van der Waals surface area contributed by atoms with Crippen molar-refractivity contribution in [3.8, 4) is 0 Å². The fourth-order valence-electron chi connectivity index (χ4n) is 11.2. The molecule has 0 saturated heterocycles. The number of hydrogen-bond donors (Lipinski definition) is 2. The summed E-state index contributed by atoms with van der Waals surface area (Å²) in [6.07, 6.45) is 5.40. The number of carbonyl (C=O) groups excluding carboxylic acids is 3. The van der Waals surface area contributed by atoms with E-state index >= 15 is 0 Å². The number of ketones is 1. The van der Waals surface area contributed by atoms with Gasteiger partial charge in [-0.3, -0.25) is 14.4 Å². The molecule has 7 heteroatoms. The third-order valence-corrected chi connectivity index (χ3v) is 13.5. The summed E-state index contributed by atoms with van der Waals surface area (Å²) in [5.74, 6) is 0.520. The monoisotopic (exact) mass is 544 g/mol. The Balaban J connectivity index is 1.52. The van der Waals surface area contributed by atoms with E-state index in [0.29, 0.717) is 12.2 Å². The number of amides is 1. The highest BCUT2D eigenvalue weighted by atomic mass is 16.5. The molecule has 0 aromatic heterocycles. The number of ether oxygens (including phenoxy) is 1. The number of nitrogens with zero attached hydrogens (tertiary/aromatic N) is 1. The van der Waals surface area contributed by atoms with Crippen LogP contribution >= 0.6 is 0 Å². The summed E-state index contributed by atoms with van der Waals surface area (Å²) in [7, 11) is 4.15. The van der Waals surface area contributed by atoms with Gasteiger partial charge in [0.05, 0.1) is 12.7 Å². The molecule has 0 aromatic rings. The zero-order chi connectivity index (χ0) is 28.9. The summed E-state index contributed by atoms with van der Waals surface area (Å²) in [5, 5.41) is 14.8. The van der Waals surface area contributed by atoms with Crippen LogP contribution in [0.4, 0.5) is 0 Å². The van der Waals surface area contributed by atoms with Crippen molar-refractivity contribution in [3.05, 3.63) is 0 Å². The maximum atomic E-state index is 14.6. The van der Waals surface area contributed by atoms with Crippen molar-refractivity contribution in [1.29, 1.82) is 0 Å². The van der Waals surface area contributed by atoms with Gasteiger partial charge in [0.1, 0.15) is 5.78 Å². The lowest BCUT2D eigenvalue weighted by Gasteiger charge is -2.63. The van der Waals surface area contributed by atoms with E-state index < -0.39 is 11.5 Å². The molecule has 0 aliphatic heterocycles. The number of aliphatic hydroxyl groups excluding tert-OH is 1. The first-order valence-corrected chi connectivity index (χ1v) is 15.3. The number of hydrogen-bond acceptors (Lipinski definition) is 6. The third kappa shape index (κ3) is 3.63. The molecule has 5 fully saturated rings. The molecular formula is C32H52N2O5. The molecule has 1 amide bonds. The molecule has 39 heavy (non-hydrogen) atoms. The molecule has 2 spiro atoms. The van der Waals surface area contributed by atoms with Gasteiger partial charge in [0.2, 0.25) is 5.91 Å². The maximum Gasteiger partial charge on any atom is 0.302 e. The van der Waals surface area contributed by atoms with E-state index in [-0.39, 0.29) is 75.9 Å². The summed E-state index contributed by atoms with van der Waals surface area (Å²) in [6, 6.07) is 0.0972. The molecule has 0 heterocycles. The lowest BCUT2D eigenvalue weighted by molar-refractivity contribution is -0.177. The predicted molar refractivity (Wildman–Crippen MR) is 150 cm³/mol. The minimum absolute atomic E-state index is 0.0298. The second kappa shape index (κ2) is 9.01. The zero-order valence-electron chi connectivity index (χ0n) is 25.7. The summed E-state index contributed by atoms with van der Waals surface area (Å²) in [5.41, 5.74) is -1.25. The quantitative estimate of drug-likeness (QED) is 0.487. The van der Waals surface area contributed by atoms with Crippen LogP contribution in [0.25, 0.3) is 0 Å². The van der Waals surface area contributed by atoms with Crippen LogP contribution in [0.15, 0.2) is 0 Å². The number of aliphatic hydroxyl groups is 1. The lowest BCUT2D eigenvalue weighted by Crippen LogP contribution is -2.64. The Labute approximate surface area is 235 Å². The highest BCUT2D eigenvalue weighted by Gasteiger charge is 2.86. The molecule has 1 unspecified atom stereocenters. The fraction of sp³-hybridized carbons (Fsp3) is 0.906. The SMILES string of the molecule is CC(=O)OC[C@]1(C)[C@@H](NC(=O)C(C)C)CCC23C[C@]24C(=O)C[C@]2(C)[C@@H]([C@H](C)N(C)C)[C@H](O)C[C@@]2(C)[C@@H]4CC[C@H]31. The summed E-state index contributed by atoms with van der Waals surface area (Å²) < 4.78 is 5.70. The Kier molecular flexibility index (Phi) is 6.71. The van der Waals surface area contributed by atoms with Crippen molar-refractivity contribution in [2.45, 2.75) is 112 Å². The van der Waals surface area contributed by atoms with Crippen LogP contribution < -0.4 is 5.32 Å². The largest absolute Gasteiger partial charge is 0.465 e. The summed E-state index contributed by atoms with van der Waals surface area (Å²) in [4.78, 5) is 41.6. The van der Waals surface area contributed by atoms with Gasteiger partial charge in [0, 0.05) is 48.1 Å². The average Bonchev–Trinajstić information content (AvgIpc) is 3.48. The van der Waals surface area contributed by atoms with E-state index in [1.807, 2.05) is 13.8 Å². The minimum atomic E-state index is -0.429. The van der Waals surface area contributed by atoms with Crippen LogP contribution in [0, 0.1) is 50.7 Å². The first kappa shape index (κ1) is 29.0. The molecular weight excluding hydrogens is 492 g/mol. The van der Waals surface area contributed by atoms with Crippen LogP contribution in [0.2, 0.25) is 0 Å². The topological polar surface area (TPSA) is 95.9 Å². The van der Waals surface area contributed by atoms with E-state index in [2.05, 4.69) is 52.0 Å². The van der Waals surface area contributed by atoms with Gasteiger partial charge < -0.3 is 20.1 Å².